The first-order valence-electron chi connectivity index (χ1n) is 5.64. The first-order valence-corrected chi connectivity index (χ1v) is 5.64. The SMILES string of the molecule is COC(=O)C1CC(c2ccc(F)cc2)N(C)C1=O. The summed E-state index contributed by atoms with van der Waals surface area (Å²) in [5, 5.41) is 0. The number of ether oxygens (including phenoxy) is 1. The first kappa shape index (κ1) is 12.5. The molecule has 1 aromatic rings. The summed E-state index contributed by atoms with van der Waals surface area (Å²) < 4.78 is 17.5. The Morgan fingerprint density at radius 1 is 1.39 bits per heavy atom. The molecule has 0 bridgehead atoms. The van der Waals surface area contributed by atoms with E-state index in [9.17, 15) is 14.0 Å². The smallest absolute Gasteiger partial charge is 0.318 e. The van der Waals surface area contributed by atoms with Crippen molar-refractivity contribution in [2.75, 3.05) is 14.2 Å². The predicted molar refractivity (Wildman–Crippen MR) is 62.0 cm³/mol. The third kappa shape index (κ3) is 2.08. The first-order chi connectivity index (χ1) is 8.54. The van der Waals surface area contributed by atoms with Crippen molar-refractivity contribution >= 4 is 11.9 Å². The summed E-state index contributed by atoms with van der Waals surface area (Å²) in [7, 11) is 2.90. The van der Waals surface area contributed by atoms with Gasteiger partial charge >= 0.3 is 5.97 Å². The molecule has 0 N–H and O–H groups in total. The van der Waals surface area contributed by atoms with Crippen molar-refractivity contribution in [3.05, 3.63) is 35.6 Å². The molecule has 0 aromatic heterocycles. The molecule has 18 heavy (non-hydrogen) atoms. The summed E-state index contributed by atoms with van der Waals surface area (Å²) in [6, 6.07) is 5.74. The molecule has 96 valence electrons. The molecule has 2 rings (SSSR count). The molecule has 1 saturated heterocycles. The third-order valence-corrected chi connectivity index (χ3v) is 3.31. The van der Waals surface area contributed by atoms with Crippen molar-refractivity contribution in [3.63, 3.8) is 0 Å². The topological polar surface area (TPSA) is 46.6 Å². The maximum Gasteiger partial charge on any atom is 0.318 e. The number of hydrogen-bond acceptors (Lipinski definition) is 3. The lowest BCUT2D eigenvalue weighted by atomic mass is 10.00. The molecule has 1 amide bonds. The highest BCUT2D eigenvalue weighted by Crippen LogP contribution is 2.35. The standard InChI is InChI=1S/C13H14FNO3/c1-15-11(8-3-5-9(14)6-4-8)7-10(12(15)16)13(17)18-2/h3-6,10-11H,7H2,1-2H3. The zero-order valence-corrected chi connectivity index (χ0v) is 10.2. The molecule has 4 nitrogen and oxygen atoms in total. The summed E-state index contributed by atoms with van der Waals surface area (Å²) in [4.78, 5) is 24.9. The zero-order chi connectivity index (χ0) is 13.3. The second kappa shape index (κ2) is 4.76. The van der Waals surface area contributed by atoms with Crippen LogP contribution in [-0.2, 0) is 14.3 Å². The normalized spacial score (nSPS) is 23.3. The zero-order valence-electron chi connectivity index (χ0n) is 10.2. The van der Waals surface area contributed by atoms with Crippen molar-refractivity contribution in [1.29, 1.82) is 0 Å². The number of hydrogen-bond donors (Lipinski definition) is 0. The average Bonchev–Trinajstić information content (AvgIpc) is 2.67. The van der Waals surface area contributed by atoms with Crippen LogP contribution in [0, 0.1) is 11.7 Å². The maximum absolute atomic E-state index is 12.9. The molecule has 1 aliphatic rings. The number of esters is 1. The summed E-state index contributed by atoms with van der Waals surface area (Å²) in [6.45, 7) is 0. The number of benzene rings is 1. The van der Waals surface area contributed by atoms with Crippen molar-refractivity contribution in [2.24, 2.45) is 5.92 Å². The Hall–Kier alpha value is -1.91. The van der Waals surface area contributed by atoms with Gasteiger partial charge in [0.2, 0.25) is 5.91 Å². The Balaban J connectivity index is 2.23. The van der Waals surface area contributed by atoms with Crippen LogP contribution in [0.3, 0.4) is 0 Å². The van der Waals surface area contributed by atoms with E-state index in [0.29, 0.717) is 6.42 Å². The quantitative estimate of drug-likeness (QED) is 0.591. The molecule has 1 fully saturated rings. The minimum Gasteiger partial charge on any atom is -0.468 e. The van der Waals surface area contributed by atoms with Crippen LogP contribution in [0.1, 0.15) is 18.0 Å². The molecular formula is C13H14FNO3. The van der Waals surface area contributed by atoms with E-state index < -0.39 is 11.9 Å². The highest BCUT2D eigenvalue weighted by atomic mass is 19.1. The Morgan fingerprint density at radius 3 is 2.56 bits per heavy atom. The monoisotopic (exact) mass is 251 g/mol. The van der Waals surface area contributed by atoms with E-state index in [1.54, 1.807) is 19.2 Å². The molecule has 0 spiro atoms. The highest BCUT2D eigenvalue weighted by molar-refractivity contribution is 5.99. The second-order valence-corrected chi connectivity index (χ2v) is 4.33. The van der Waals surface area contributed by atoms with Gasteiger partial charge in [0.25, 0.3) is 0 Å². The van der Waals surface area contributed by atoms with Gasteiger partial charge in [-0.2, -0.15) is 0 Å². The molecule has 1 heterocycles. The molecule has 5 heteroatoms. The van der Waals surface area contributed by atoms with Gasteiger partial charge in [0, 0.05) is 7.05 Å². The minimum absolute atomic E-state index is 0.206. The number of methoxy groups -OCH3 is 1. The van der Waals surface area contributed by atoms with Crippen molar-refractivity contribution < 1.29 is 18.7 Å². The number of nitrogens with zero attached hydrogens (tertiary/aromatic N) is 1. The number of halogens is 1. The molecule has 2 unspecified atom stereocenters. The summed E-state index contributed by atoms with van der Waals surface area (Å²) in [5.41, 5.74) is 0.818. The van der Waals surface area contributed by atoms with Gasteiger partial charge in [-0.3, -0.25) is 9.59 Å². The van der Waals surface area contributed by atoms with E-state index in [1.165, 1.54) is 24.1 Å². The van der Waals surface area contributed by atoms with Crippen molar-refractivity contribution in [1.82, 2.24) is 4.90 Å². The van der Waals surface area contributed by atoms with Gasteiger partial charge in [-0.15, -0.1) is 0 Å². The van der Waals surface area contributed by atoms with E-state index in [2.05, 4.69) is 4.74 Å². The van der Waals surface area contributed by atoms with Crippen molar-refractivity contribution in [3.8, 4) is 0 Å². The van der Waals surface area contributed by atoms with Gasteiger partial charge in [0.1, 0.15) is 11.7 Å². The largest absolute Gasteiger partial charge is 0.468 e. The van der Waals surface area contributed by atoms with Crippen LogP contribution in [0.4, 0.5) is 4.39 Å². The number of amides is 1. The molecule has 0 saturated carbocycles. The van der Waals surface area contributed by atoms with E-state index in [4.69, 9.17) is 0 Å². The predicted octanol–water partition coefficient (Wildman–Crippen LogP) is 1.52. The summed E-state index contributed by atoms with van der Waals surface area (Å²) >= 11 is 0. The average molecular weight is 251 g/mol. The van der Waals surface area contributed by atoms with Gasteiger partial charge in [-0.05, 0) is 24.1 Å². The third-order valence-electron chi connectivity index (χ3n) is 3.31. The fraction of sp³-hybridized carbons (Fsp3) is 0.385. The number of rotatable bonds is 2. The fourth-order valence-electron chi connectivity index (χ4n) is 2.27. The van der Waals surface area contributed by atoms with Crippen LogP contribution in [0.2, 0.25) is 0 Å². The molecule has 0 aliphatic carbocycles. The summed E-state index contributed by atoms with van der Waals surface area (Å²) in [6.07, 6.45) is 0.369. The number of likely N-dealkylation sites (tertiary alicyclic amines) is 1. The van der Waals surface area contributed by atoms with Gasteiger partial charge in [-0.1, -0.05) is 12.1 Å². The number of carbonyl (C=O) groups excluding carboxylic acids is 2. The van der Waals surface area contributed by atoms with Gasteiger partial charge in [-0.25, -0.2) is 4.39 Å². The van der Waals surface area contributed by atoms with Crippen LogP contribution >= 0.6 is 0 Å². The van der Waals surface area contributed by atoms with Crippen LogP contribution in [0.5, 0.6) is 0 Å². The van der Waals surface area contributed by atoms with Crippen LogP contribution in [-0.4, -0.2) is 30.9 Å². The van der Waals surface area contributed by atoms with Gasteiger partial charge in [0.05, 0.1) is 13.2 Å². The second-order valence-electron chi connectivity index (χ2n) is 4.33. The molecule has 1 aromatic carbocycles. The summed E-state index contributed by atoms with van der Waals surface area (Å²) in [5.74, 6) is -1.85. The molecular weight excluding hydrogens is 237 g/mol. The van der Waals surface area contributed by atoms with E-state index in [1.807, 2.05) is 0 Å². The van der Waals surface area contributed by atoms with Crippen LogP contribution in [0.15, 0.2) is 24.3 Å². The molecule has 2 atom stereocenters. The van der Waals surface area contributed by atoms with Crippen LogP contribution < -0.4 is 0 Å². The molecule has 1 aliphatic heterocycles. The van der Waals surface area contributed by atoms with Crippen LogP contribution in [0.25, 0.3) is 0 Å². The lowest BCUT2D eigenvalue weighted by Gasteiger charge is -2.19. The van der Waals surface area contributed by atoms with Gasteiger partial charge < -0.3 is 9.64 Å². The highest BCUT2D eigenvalue weighted by Gasteiger charge is 2.42. The lowest BCUT2D eigenvalue weighted by molar-refractivity contribution is -0.150. The van der Waals surface area contributed by atoms with E-state index in [0.717, 1.165) is 5.56 Å². The lowest BCUT2D eigenvalue weighted by Crippen LogP contribution is -2.28. The Labute approximate surface area is 104 Å². The molecule has 0 radical (unpaired) electrons. The minimum atomic E-state index is -0.755. The van der Waals surface area contributed by atoms with E-state index >= 15 is 0 Å². The van der Waals surface area contributed by atoms with E-state index in [-0.39, 0.29) is 17.8 Å². The van der Waals surface area contributed by atoms with Crippen molar-refractivity contribution in [2.45, 2.75) is 12.5 Å². The number of carbonyl (C=O) groups is 2. The maximum atomic E-state index is 12.9. The Bertz CT molecular complexity index is 472. The Morgan fingerprint density at radius 2 is 2.00 bits per heavy atom. The van der Waals surface area contributed by atoms with Gasteiger partial charge in [0.15, 0.2) is 0 Å². The Kier molecular flexibility index (Phi) is 3.32. The fourth-order valence-corrected chi connectivity index (χ4v) is 2.27.